The topological polar surface area (TPSA) is 45.1 Å². The van der Waals surface area contributed by atoms with Gasteiger partial charge in [-0.1, -0.05) is 6.07 Å². The summed E-state index contributed by atoms with van der Waals surface area (Å²) in [5.74, 6) is 1.50. The van der Waals surface area contributed by atoms with Crippen LogP contribution in [0.3, 0.4) is 0 Å². The van der Waals surface area contributed by atoms with Gasteiger partial charge in [-0.25, -0.2) is 4.98 Å². The fourth-order valence-corrected chi connectivity index (χ4v) is 3.11. The van der Waals surface area contributed by atoms with Gasteiger partial charge in [-0.15, -0.1) is 11.8 Å². The van der Waals surface area contributed by atoms with Gasteiger partial charge in [-0.2, -0.15) is 0 Å². The molecule has 1 saturated carbocycles. The molecule has 1 aliphatic carbocycles. The van der Waals surface area contributed by atoms with E-state index in [4.69, 9.17) is 0 Å². The van der Waals surface area contributed by atoms with Gasteiger partial charge in [-0.3, -0.25) is 0 Å². The van der Waals surface area contributed by atoms with Gasteiger partial charge in [0.25, 0.3) is 0 Å². The van der Waals surface area contributed by atoms with Gasteiger partial charge in [0, 0.05) is 11.9 Å². The largest absolute Gasteiger partial charge is 0.394 e. The lowest BCUT2D eigenvalue weighted by molar-refractivity contribution is 0.167. The van der Waals surface area contributed by atoms with Crippen molar-refractivity contribution in [2.24, 2.45) is 5.92 Å². The minimum absolute atomic E-state index is 0.123. The molecule has 0 radical (unpaired) electrons. The molecule has 2 N–H and O–H groups in total. The van der Waals surface area contributed by atoms with Crippen molar-refractivity contribution in [2.45, 2.75) is 23.4 Å². The summed E-state index contributed by atoms with van der Waals surface area (Å²) < 4.78 is 0. The van der Waals surface area contributed by atoms with Crippen LogP contribution in [0.2, 0.25) is 0 Å². The monoisotopic (exact) mass is 238 g/mol. The number of thioether (sulfide) groups is 1. The molecule has 0 saturated heterocycles. The van der Waals surface area contributed by atoms with Crippen LogP contribution in [-0.4, -0.2) is 35.0 Å². The summed E-state index contributed by atoms with van der Waals surface area (Å²) in [5.41, 5.74) is -0.123. The number of rotatable bonds is 6. The Kier molecular flexibility index (Phi) is 3.84. The Hall–Kier alpha value is -0.580. The average molecular weight is 238 g/mol. The predicted octanol–water partition coefficient (Wildman–Crippen LogP) is 1.53. The third-order valence-electron chi connectivity index (χ3n) is 3.25. The van der Waals surface area contributed by atoms with Crippen LogP contribution in [0.4, 0.5) is 0 Å². The zero-order valence-corrected chi connectivity index (χ0v) is 10.3. The van der Waals surface area contributed by atoms with Crippen LogP contribution < -0.4 is 5.32 Å². The number of nitrogens with zero attached hydrogens (tertiary/aromatic N) is 1. The molecule has 1 aliphatic rings. The van der Waals surface area contributed by atoms with Crippen LogP contribution in [0.15, 0.2) is 29.4 Å². The van der Waals surface area contributed by atoms with E-state index in [1.807, 2.05) is 25.2 Å². The Balaban J connectivity index is 1.96. The van der Waals surface area contributed by atoms with Crippen LogP contribution in [-0.2, 0) is 0 Å². The maximum absolute atomic E-state index is 9.57. The summed E-state index contributed by atoms with van der Waals surface area (Å²) in [6, 6.07) is 5.92. The molecule has 1 atom stereocenters. The van der Waals surface area contributed by atoms with Gasteiger partial charge in [0.15, 0.2) is 0 Å². The zero-order chi connectivity index (χ0) is 11.4. The Morgan fingerprint density at radius 2 is 2.38 bits per heavy atom. The SMILES string of the molecule is CNC(CO)(CSc1ccccn1)C1CC1. The molecule has 0 spiro atoms. The van der Waals surface area contributed by atoms with E-state index in [0.717, 1.165) is 10.8 Å². The lowest BCUT2D eigenvalue weighted by Crippen LogP contribution is -2.51. The van der Waals surface area contributed by atoms with Gasteiger partial charge in [0.1, 0.15) is 0 Å². The summed E-state index contributed by atoms with van der Waals surface area (Å²) in [7, 11) is 1.94. The molecule has 16 heavy (non-hydrogen) atoms. The highest BCUT2D eigenvalue weighted by Crippen LogP contribution is 2.41. The summed E-state index contributed by atoms with van der Waals surface area (Å²) >= 11 is 1.71. The Labute approximate surface area is 101 Å². The number of aliphatic hydroxyl groups is 1. The first-order valence-corrected chi connectivity index (χ1v) is 6.63. The minimum atomic E-state index is -0.123. The third kappa shape index (κ3) is 2.56. The molecule has 3 nitrogen and oxygen atoms in total. The van der Waals surface area contributed by atoms with Crippen LogP contribution in [0.25, 0.3) is 0 Å². The minimum Gasteiger partial charge on any atom is -0.394 e. The molecule has 1 aromatic rings. The number of aromatic nitrogens is 1. The maximum Gasteiger partial charge on any atom is 0.0960 e. The number of aliphatic hydroxyl groups excluding tert-OH is 1. The lowest BCUT2D eigenvalue weighted by Gasteiger charge is -2.31. The fourth-order valence-electron chi connectivity index (χ4n) is 1.92. The van der Waals surface area contributed by atoms with Crippen molar-refractivity contribution < 1.29 is 5.11 Å². The summed E-state index contributed by atoms with van der Waals surface area (Å²) in [5, 5.41) is 13.9. The van der Waals surface area contributed by atoms with Gasteiger partial charge >= 0.3 is 0 Å². The zero-order valence-electron chi connectivity index (χ0n) is 9.52. The van der Waals surface area contributed by atoms with Crippen molar-refractivity contribution in [1.29, 1.82) is 0 Å². The molecule has 0 amide bonds. The molecular weight excluding hydrogens is 220 g/mol. The fraction of sp³-hybridized carbons (Fsp3) is 0.583. The molecule has 4 heteroatoms. The Bertz CT molecular complexity index is 323. The van der Waals surface area contributed by atoms with E-state index in [-0.39, 0.29) is 12.1 Å². The van der Waals surface area contributed by atoms with Crippen LogP contribution in [0.5, 0.6) is 0 Å². The molecule has 1 heterocycles. The summed E-state index contributed by atoms with van der Waals surface area (Å²) in [6.45, 7) is 0.202. The first-order valence-electron chi connectivity index (χ1n) is 5.64. The highest BCUT2D eigenvalue weighted by atomic mass is 32.2. The number of pyridine rings is 1. The van der Waals surface area contributed by atoms with E-state index in [2.05, 4.69) is 10.3 Å². The van der Waals surface area contributed by atoms with E-state index in [1.54, 1.807) is 18.0 Å². The lowest BCUT2D eigenvalue weighted by atomic mass is 9.97. The second kappa shape index (κ2) is 5.17. The van der Waals surface area contributed by atoms with Crippen molar-refractivity contribution in [3.63, 3.8) is 0 Å². The van der Waals surface area contributed by atoms with E-state index in [1.165, 1.54) is 12.8 Å². The van der Waals surface area contributed by atoms with E-state index in [9.17, 15) is 5.11 Å². The van der Waals surface area contributed by atoms with Crippen LogP contribution in [0, 0.1) is 5.92 Å². The van der Waals surface area contributed by atoms with Crippen molar-refractivity contribution in [3.05, 3.63) is 24.4 Å². The van der Waals surface area contributed by atoms with Gasteiger partial charge in [0.05, 0.1) is 17.2 Å². The Morgan fingerprint density at radius 1 is 1.56 bits per heavy atom. The summed E-state index contributed by atoms with van der Waals surface area (Å²) in [6.07, 6.45) is 4.26. The van der Waals surface area contributed by atoms with Gasteiger partial charge in [0.2, 0.25) is 0 Å². The average Bonchev–Trinajstić information content (AvgIpc) is 3.17. The number of hydrogen-bond acceptors (Lipinski definition) is 4. The van der Waals surface area contributed by atoms with Crippen molar-refractivity contribution >= 4 is 11.8 Å². The molecule has 2 rings (SSSR count). The molecule has 88 valence electrons. The quantitative estimate of drug-likeness (QED) is 0.738. The van der Waals surface area contributed by atoms with Gasteiger partial charge in [-0.05, 0) is 37.9 Å². The number of nitrogens with one attached hydrogen (secondary N) is 1. The molecule has 1 unspecified atom stereocenters. The Morgan fingerprint density at radius 3 is 2.88 bits per heavy atom. The molecule has 1 aromatic heterocycles. The van der Waals surface area contributed by atoms with Crippen molar-refractivity contribution in [2.75, 3.05) is 19.4 Å². The number of likely N-dealkylation sites (N-methyl/N-ethyl adjacent to an activating group) is 1. The van der Waals surface area contributed by atoms with Crippen LogP contribution >= 0.6 is 11.8 Å². The molecule has 0 aliphatic heterocycles. The highest BCUT2D eigenvalue weighted by molar-refractivity contribution is 7.99. The normalized spacial score (nSPS) is 19.4. The van der Waals surface area contributed by atoms with E-state index >= 15 is 0 Å². The molecule has 0 aromatic carbocycles. The smallest absolute Gasteiger partial charge is 0.0960 e. The van der Waals surface area contributed by atoms with Crippen molar-refractivity contribution in [3.8, 4) is 0 Å². The standard InChI is InChI=1S/C12H18N2OS/c1-13-12(8-15,10-5-6-10)9-16-11-4-2-3-7-14-11/h2-4,7,10,13,15H,5-6,8-9H2,1H3. The van der Waals surface area contributed by atoms with E-state index < -0.39 is 0 Å². The molecular formula is C12H18N2OS. The first-order chi connectivity index (χ1) is 7.80. The molecule has 0 bridgehead atoms. The maximum atomic E-state index is 9.57. The van der Waals surface area contributed by atoms with Gasteiger partial charge < -0.3 is 10.4 Å². The number of hydrogen-bond donors (Lipinski definition) is 2. The third-order valence-corrected chi connectivity index (χ3v) is 4.45. The highest BCUT2D eigenvalue weighted by Gasteiger charge is 2.43. The predicted molar refractivity (Wildman–Crippen MR) is 66.6 cm³/mol. The second-order valence-corrected chi connectivity index (χ2v) is 5.29. The molecule has 1 fully saturated rings. The summed E-state index contributed by atoms with van der Waals surface area (Å²) in [4.78, 5) is 4.28. The van der Waals surface area contributed by atoms with Crippen molar-refractivity contribution in [1.82, 2.24) is 10.3 Å². The first kappa shape index (κ1) is 11.9. The second-order valence-electron chi connectivity index (χ2n) is 4.30. The van der Waals surface area contributed by atoms with Crippen LogP contribution in [0.1, 0.15) is 12.8 Å². The van der Waals surface area contributed by atoms with E-state index in [0.29, 0.717) is 5.92 Å².